The fourth-order valence-electron chi connectivity index (χ4n) is 2.47. The van der Waals surface area contributed by atoms with Gasteiger partial charge in [-0.15, -0.1) is 0 Å². The second kappa shape index (κ2) is 4.99. The molecule has 1 aliphatic rings. The molecule has 2 rings (SSSR count). The van der Waals surface area contributed by atoms with Crippen LogP contribution in [0.4, 0.5) is 0 Å². The summed E-state index contributed by atoms with van der Waals surface area (Å²) in [6.45, 7) is 4.39. The molecule has 3 unspecified atom stereocenters. The quantitative estimate of drug-likeness (QED) is 0.746. The molecule has 4 N–H and O–H groups in total. The molecule has 1 aromatic heterocycles. The van der Waals surface area contributed by atoms with Crippen LogP contribution >= 0.6 is 0 Å². The normalized spacial score (nSPS) is 28.7. The maximum atomic E-state index is 12.2. The van der Waals surface area contributed by atoms with E-state index in [1.165, 1.54) is 6.20 Å². The van der Waals surface area contributed by atoms with Crippen molar-refractivity contribution in [2.75, 3.05) is 0 Å². The Balaban J connectivity index is 2.18. The molecular formula is C11H20N4O2S. The van der Waals surface area contributed by atoms with E-state index in [0.29, 0.717) is 17.4 Å². The molecule has 1 heterocycles. The summed E-state index contributed by atoms with van der Waals surface area (Å²) in [5, 5.41) is 6.35. The molecule has 7 heteroatoms. The number of nitrogens with zero attached hydrogens (tertiary/aromatic N) is 1. The number of rotatable bonds is 4. The lowest BCUT2D eigenvalue weighted by Crippen LogP contribution is -2.37. The Morgan fingerprint density at radius 1 is 1.50 bits per heavy atom. The van der Waals surface area contributed by atoms with Gasteiger partial charge in [0.05, 0.1) is 6.20 Å². The highest BCUT2D eigenvalue weighted by Crippen LogP contribution is 2.32. The minimum Gasteiger partial charge on any atom is -0.326 e. The Kier molecular flexibility index (Phi) is 3.74. The summed E-state index contributed by atoms with van der Waals surface area (Å²) in [6.07, 6.45) is 3.39. The van der Waals surface area contributed by atoms with E-state index in [2.05, 4.69) is 28.8 Å². The van der Waals surface area contributed by atoms with Gasteiger partial charge in [0, 0.05) is 18.2 Å². The Bertz CT molecular complexity index is 511. The minimum atomic E-state index is -3.55. The van der Waals surface area contributed by atoms with Gasteiger partial charge >= 0.3 is 0 Å². The van der Waals surface area contributed by atoms with E-state index >= 15 is 0 Å². The van der Waals surface area contributed by atoms with Crippen molar-refractivity contribution in [3.05, 3.63) is 11.8 Å². The average molecular weight is 272 g/mol. The van der Waals surface area contributed by atoms with Crippen LogP contribution in [-0.4, -0.2) is 24.7 Å². The van der Waals surface area contributed by atoms with Gasteiger partial charge in [-0.25, -0.2) is 13.1 Å². The average Bonchev–Trinajstić information content (AvgIpc) is 2.91. The standard InChI is InChI=1S/C11H20N4O2S/c1-7-3-4-10(8(7)2)15-18(16,17)11-9(5-12)6-13-14-11/h6-8,10,15H,3-5,12H2,1-2H3,(H,13,14). The molecule has 0 radical (unpaired) electrons. The van der Waals surface area contributed by atoms with E-state index in [4.69, 9.17) is 5.73 Å². The summed E-state index contributed by atoms with van der Waals surface area (Å²) in [5.41, 5.74) is 6.01. The summed E-state index contributed by atoms with van der Waals surface area (Å²) in [7, 11) is -3.55. The second-order valence-electron chi connectivity index (χ2n) is 5.07. The lowest BCUT2D eigenvalue weighted by molar-refractivity contribution is 0.401. The molecule has 0 amide bonds. The van der Waals surface area contributed by atoms with E-state index in [-0.39, 0.29) is 17.6 Å². The highest BCUT2D eigenvalue weighted by Gasteiger charge is 2.34. The van der Waals surface area contributed by atoms with E-state index in [1.54, 1.807) is 0 Å². The zero-order valence-electron chi connectivity index (χ0n) is 10.7. The third-order valence-electron chi connectivity index (χ3n) is 3.94. The van der Waals surface area contributed by atoms with Gasteiger partial charge in [0.2, 0.25) is 0 Å². The summed E-state index contributed by atoms with van der Waals surface area (Å²) in [6, 6.07) is -0.000996. The number of aromatic amines is 1. The largest absolute Gasteiger partial charge is 0.326 e. The van der Waals surface area contributed by atoms with Crippen LogP contribution in [0.5, 0.6) is 0 Å². The molecule has 0 saturated heterocycles. The molecule has 1 aliphatic carbocycles. The summed E-state index contributed by atoms with van der Waals surface area (Å²) in [5.74, 6) is 0.900. The summed E-state index contributed by atoms with van der Waals surface area (Å²) in [4.78, 5) is 0. The number of aromatic nitrogens is 2. The predicted molar refractivity (Wildman–Crippen MR) is 68.2 cm³/mol. The van der Waals surface area contributed by atoms with Crippen LogP contribution in [-0.2, 0) is 16.6 Å². The first-order valence-corrected chi connectivity index (χ1v) is 7.68. The van der Waals surface area contributed by atoms with Crippen LogP contribution in [0.1, 0.15) is 32.3 Å². The minimum absolute atomic E-state index is 0.000996. The van der Waals surface area contributed by atoms with Crippen LogP contribution in [0.3, 0.4) is 0 Å². The first-order valence-electron chi connectivity index (χ1n) is 6.20. The zero-order chi connectivity index (χ0) is 13.3. The summed E-state index contributed by atoms with van der Waals surface area (Å²) < 4.78 is 27.2. The van der Waals surface area contributed by atoms with E-state index in [1.807, 2.05) is 0 Å². The smallest absolute Gasteiger partial charge is 0.258 e. The molecule has 0 aromatic carbocycles. The number of sulfonamides is 1. The van der Waals surface area contributed by atoms with Gasteiger partial charge in [-0.2, -0.15) is 5.10 Å². The maximum absolute atomic E-state index is 12.2. The van der Waals surface area contributed by atoms with Crippen molar-refractivity contribution in [2.24, 2.45) is 17.6 Å². The molecule has 1 aromatic rings. The Hall–Kier alpha value is -0.920. The van der Waals surface area contributed by atoms with Gasteiger partial charge in [0.15, 0.2) is 5.03 Å². The van der Waals surface area contributed by atoms with Crippen molar-refractivity contribution < 1.29 is 8.42 Å². The molecule has 18 heavy (non-hydrogen) atoms. The topological polar surface area (TPSA) is 101 Å². The van der Waals surface area contributed by atoms with Crippen molar-refractivity contribution in [3.63, 3.8) is 0 Å². The molecule has 1 saturated carbocycles. The molecule has 0 bridgehead atoms. The highest BCUT2D eigenvalue weighted by atomic mass is 32.2. The molecule has 1 fully saturated rings. The third kappa shape index (κ3) is 2.43. The van der Waals surface area contributed by atoms with Gasteiger partial charge in [-0.05, 0) is 24.7 Å². The predicted octanol–water partition coefficient (Wildman–Crippen LogP) is 0.581. The Morgan fingerprint density at radius 2 is 2.22 bits per heavy atom. The number of nitrogens with one attached hydrogen (secondary N) is 2. The van der Waals surface area contributed by atoms with Crippen molar-refractivity contribution in [1.82, 2.24) is 14.9 Å². The third-order valence-corrected chi connectivity index (χ3v) is 5.44. The number of hydrogen-bond acceptors (Lipinski definition) is 4. The molecule has 6 nitrogen and oxygen atoms in total. The number of nitrogens with two attached hydrogens (primary N) is 1. The van der Waals surface area contributed by atoms with Crippen molar-refractivity contribution in [1.29, 1.82) is 0 Å². The van der Waals surface area contributed by atoms with Crippen molar-refractivity contribution in [3.8, 4) is 0 Å². The van der Waals surface area contributed by atoms with Gasteiger partial charge in [-0.1, -0.05) is 13.8 Å². The van der Waals surface area contributed by atoms with Gasteiger partial charge in [0.1, 0.15) is 0 Å². The highest BCUT2D eigenvalue weighted by molar-refractivity contribution is 7.89. The molecule has 3 atom stereocenters. The summed E-state index contributed by atoms with van der Waals surface area (Å²) >= 11 is 0. The molecular weight excluding hydrogens is 252 g/mol. The molecule has 0 spiro atoms. The van der Waals surface area contributed by atoms with Crippen LogP contribution in [0.2, 0.25) is 0 Å². The van der Waals surface area contributed by atoms with Crippen molar-refractivity contribution >= 4 is 10.0 Å². The van der Waals surface area contributed by atoms with E-state index in [0.717, 1.165) is 12.8 Å². The number of hydrogen-bond donors (Lipinski definition) is 3. The van der Waals surface area contributed by atoms with E-state index < -0.39 is 10.0 Å². The number of H-pyrrole nitrogens is 1. The Labute approximate surface area is 107 Å². The second-order valence-corrected chi connectivity index (χ2v) is 6.72. The van der Waals surface area contributed by atoms with Crippen LogP contribution in [0.15, 0.2) is 11.2 Å². The first kappa shape index (κ1) is 13.5. The fourth-order valence-corrected chi connectivity index (χ4v) is 3.97. The van der Waals surface area contributed by atoms with E-state index in [9.17, 15) is 8.42 Å². The molecule has 102 valence electrons. The lowest BCUT2D eigenvalue weighted by Gasteiger charge is -2.19. The SMILES string of the molecule is CC1CCC(NS(=O)(=O)c2[nH]ncc2CN)C1C. The first-order chi connectivity index (χ1) is 8.45. The van der Waals surface area contributed by atoms with Gasteiger partial charge < -0.3 is 5.73 Å². The van der Waals surface area contributed by atoms with Gasteiger partial charge in [-0.3, -0.25) is 5.10 Å². The Morgan fingerprint density at radius 3 is 2.78 bits per heavy atom. The van der Waals surface area contributed by atoms with Gasteiger partial charge in [0.25, 0.3) is 10.0 Å². The monoisotopic (exact) mass is 272 g/mol. The maximum Gasteiger partial charge on any atom is 0.258 e. The molecule has 0 aliphatic heterocycles. The zero-order valence-corrected chi connectivity index (χ0v) is 11.5. The van der Waals surface area contributed by atoms with Crippen LogP contribution < -0.4 is 10.5 Å². The van der Waals surface area contributed by atoms with Crippen LogP contribution in [0, 0.1) is 11.8 Å². The lowest BCUT2D eigenvalue weighted by atomic mass is 9.98. The van der Waals surface area contributed by atoms with Crippen molar-refractivity contribution in [2.45, 2.75) is 44.3 Å². The van der Waals surface area contributed by atoms with Crippen LogP contribution in [0.25, 0.3) is 0 Å². The fraction of sp³-hybridized carbons (Fsp3) is 0.727.